The van der Waals surface area contributed by atoms with Gasteiger partial charge in [0, 0.05) is 9.79 Å². The second-order valence-electron chi connectivity index (χ2n) is 6.23. The van der Waals surface area contributed by atoms with Crippen molar-refractivity contribution in [2.24, 2.45) is 0 Å². The summed E-state index contributed by atoms with van der Waals surface area (Å²) in [5, 5.41) is 14.4. The molecule has 0 aliphatic heterocycles. The number of carbonyl (C=O) groups is 1. The van der Waals surface area contributed by atoms with Crippen LogP contribution in [0.15, 0.2) is 93.0 Å². The largest absolute Gasteiger partial charge is 0.328 e. The van der Waals surface area contributed by atoms with Gasteiger partial charge in [0.15, 0.2) is 4.34 Å². The van der Waals surface area contributed by atoms with Gasteiger partial charge < -0.3 is 10.6 Å². The highest BCUT2D eigenvalue weighted by atomic mass is 32.2. The van der Waals surface area contributed by atoms with Crippen molar-refractivity contribution >= 4 is 57.3 Å². The molecule has 0 fully saturated rings. The first-order chi connectivity index (χ1) is 15.2. The van der Waals surface area contributed by atoms with Crippen LogP contribution in [0.3, 0.4) is 0 Å². The Morgan fingerprint density at radius 2 is 1.61 bits per heavy atom. The maximum atomic E-state index is 13.7. The summed E-state index contributed by atoms with van der Waals surface area (Å²) in [7, 11) is 0. The lowest BCUT2D eigenvalue weighted by Crippen LogP contribution is -2.14. The zero-order chi connectivity index (χ0) is 21.5. The predicted molar refractivity (Wildman–Crippen MR) is 126 cm³/mol. The number of carbonyl (C=O) groups excluding carboxylic acids is 1. The van der Waals surface area contributed by atoms with E-state index in [1.54, 1.807) is 30.0 Å². The topological polar surface area (TPSA) is 66.9 Å². The molecule has 4 rings (SSSR count). The van der Waals surface area contributed by atoms with Crippen LogP contribution in [0, 0.1) is 5.82 Å². The summed E-state index contributed by atoms with van der Waals surface area (Å²) < 4.78 is 14.4. The summed E-state index contributed by atoms with van der Waals surface area (Å²) in [6, 6.07) is 24.1. The van der Waals surface area contributed by atoms with Crippen molar-refractivity contribution in [2.75, 3.05) is 16.4 Å². The van der Waals surface area contributed by atoms with Gasteiger partial charge >= 0.3 is 0 Å². The van der Waals surface area contributed by atoms with E-state index >= 15 is 0 Å². The van der Waals surface area contributed by atoms with Crippen molar-refractivity contribution in [3.05, 3.63) is 84.7 Å². The first-order valence-corrected chi connectivity index (χ1v) is 11.9. The Bertz CT molecular complexity index is 1170. The van der Waals surface area contributed by atoms with Crippen molar-refractivity contribution in [2.45, 2.75) is 14.1 Å². The van der Waals surface area contributed by atoms with Crippen molar-refractivity contribution in [1.82, 2.24) is 10.2 Å². The SMILES string of the molecule is O=C(CSc1nnc(Nc2ccccc2F)s1)Nc1ccccc1Sc1ccccc1. The minimum Gasteiger partial charge on any atom is -0.328 e. The van der Waals surface area contributed by atoms with Crippen LogP contribution in [0.1, 0.15) is 0 Å². The Hall–Kier alpha value is -2.88. The number of hydrogen-bond acceptors (Lipinski definition) is 7. The average molecular weight is 469 g/mol. The van der Waals surface area contributed by atoms with Crippen LogP contribution >= 0.6 is 34.9 Å². The lowest BCUT2D eigenvalue weighted by Gasteiger charge is -2.10. The Balaban J connectivity index is 1.33. The highest BCUT2D eigenvalue weighted by Gasteiger charge is 2.12. The van der Waals surface area contributed by atoms with Crippen LogP contribution in [0.5, 0.6) is 0 Å². The number of thioether (sulfide) groups is 1. The van der Waals surface area contributed by atoms with Crippen LogP contribution in [-0.2, 0) is 4.79 Å². The predicted octanol–water partition coefficient (Wildman–Crippen LogP) is 6.30. The summed E-state index contributed by atoms with van der Waals surface area (Å²) >= 11 is 4.15. The van der Waals surface area contributed by atoms with E-state index in [0.29, 0.717) is 15.2 Å². The molecule has 5 nitrogen and oxygen atoms in total. The highest BCUT2D eigenvalue weighted by Crippen LogP contribution is 2.33. The minimum absolute atomic E-state index is 0.134. The smallest absolute Gasteiger partial charge is 0.234 e. The number of nitrogens with one attached hydrogen (secondary N) is 2. The fraction of sp³-hybridized carbons (Fsp3) is 0.0455. The van der Waals surface area contributed by atoms with Crippen molar-refractivity contribution in [1.29, 1.82) is 0 Å². The number of anilines is 3. The fourth-order valence-electron chi connectivity index (χ4n) is 2.58. The quantitative estimate of drug-likeness (QED) is 0.296. The number of halogens is 1. The van der Waals surface area contributed by atoms with Crippen LogP contribution in [0.25, 0.3) is 0 Å². The molecule has 1 amide bonds. The molecule has 9 heteroatoms. The summed E-state index contributed by atoms with van der Waals surface area (Å²) in [4.78, 5) is 14.6. The molecule has 156 valence electrons. The molecule has 1 heterocycles. The molecule has 1 aromatic heterocycles. The van der Waals surface area contributed by atoms with Gasteiger partial charge in [0.1, 0.15) is 5.82 Å². The Labute approximate surface area is 191 Å². The summed E-state index contributed by atoms with van der Waals surface area (Å²) in [6.07, 6.45) is 0. The number of rotatable bonds is 8. The van der Waals surface area contributed by atoms with E-state index in [1.165, 1.54) is 29.2 Å². The first kappa shape index (κ1) is 21.4. The van der Waals surface area contributed by atoms with E-state index in [-0.39, 0.29) is 17.5 Å². The molecule has 0 spiro atoms. The molecule has 0 unspecified atom stereocenters. The molecule has 31 heavy (non-hydrogen) atoms. The third-order valence-electron chi connectivity index (χ3n) is 3.98. The second-order valence-corrected chi connectivity index (χ2v) is 9.54. The van der Waals surface area contributed by atoms with Crippen LogP contribution < -0.4 is 10.6 Å². The van der Waals surface area contributed by atoms with Gasteiger partial charge in [-0.05, 0) is 36.4 Å². The van der Waals surface area contributed by atoms with Crippen molar-refractivity contribution < 1.29 is 9.18 Å². The van der Waals surface area contributed by atoms with Crippen LogP contribution in [-0.4, -0.2) is 21.9 Å². The Kier molecular flexibility index (Phi) is 7.18. The van der Waals surface area contributed by atoms with Gasteiger partial charge in [0.25, 0.3) is 0 Å². The molecule has 4 aromatic rings. The Morgan fingerprint density at radius 3 is 2.42 bits per heavy atom. The molecular weight excluding hydrogens is 451 g/mol. The van der Waals surface area contributed by atoms with Gasteiger partial charge in [-0.2, -0.15) is 0 Å². The van der Waals surface area contributed by atoms with Gasteiger partial charge in [-0.25, -0.2) is 4.39 Å². The lowest BCUT2D eigenvalue weighted by molar-refractivity contribution is -0.113. The van der Waals surface area contributed by atoms with E-state index < -0.39 is 0 Å². The third-order valence-corrected chi connectivity index (χ3v) is 7.04. The number of amides is 1. The minimum atomic E-state index is -0.363. The summed E-state index contributed by atoms with van der Waals surface area (Å²) in [5.41, 5.74) is 1.10. The molecule has 0 aliphatic carbocycles. The van der Waals surface area contributed by atoms with Crippen molar-refractivity contribution in [3.63, 3.8) is 0 Å². The average Bonchev–Trinajstić information content (AvgIpc) is 3.23. The first-order valence-electron chi connectivity index (χ1n) is 9.27. The zero-order valence-electron chi connectivity index (χ0n) is 16.1. The molecule has 2 N–H and O–H groups in total. The molecule has 3 aromatic carbocycles. The van der Waals surface area contributed by atoms with Gasteiger partial charge in [-0.1, -0.05) is 77.3 Å². The number of hydrogen-bond donors (Lipinski definition) is 2. The normalized spacial score (nSPS) is 10.6. The maximum absolute atomic E-state index is 13.7. The highest BCUT2D eigenvalue weighted by molar-refractivity contribution is 8.01. The fourth-order valence-corrected chi connectivity index (χ4v) is 5.07. The van der Waals surface area contributed by atoms with E-state index in [0.717, 1.165) is 15.5 Å². The Morgan fingerprint density at radius 1 is 0.903 bits per heavy atom. The second kappa shape index (κ2) is 10.4. The van der Waals surface area contributed by atoms with Gasteiger partial charge in [-0.3, -0.25) is 4.79 Å². The third kappa shape index (κ3) is 6.06. The molecule has 0 radical (unpaired) electrons. The molecule has 0 saturated carbocycles. The number of nitrogens with zero attached hydrogens (tertiary/aromatic N) is 2. The number of para-hydroxylation sites is 2. The molecule has 0 saturated heterocycles. The van der Waals surface area contributed by atoms with Crippen molar-refractivity contribution in [3.8, 4) is 0 Å². The van der Waals surface area contributed by atoms with E-state index in [9.17, 15) is 9.18 Å². The van der Waals surface area contributed by atoms with Gasteiger partial charge in [-0.15, -0.1) is 10.2 Å². The summed E-state index contributed by atoms with van der Waals surface area (Å²) in [6.45, 7) is 0. The van der Waals surface area contributed by atoms with Crippen LogP contribution in [0.2, 0.25) is 0 Å². The standard InChI is InChI=1S/C22H17FN4OS3/c23-16-10-4-5-11-17(16)25-21-26-27-22(31-21)29-14-20(28)24-18-12-6-7-13-19(18)30-15-8-2-1-3-9-15/h1-13H,14H2,(H,24,28)(H,25,26). The number of aromatic nitrogens is 2. The molecule has 0 bridgehead atoms. The van der Waals surface area contributed by atoms with Crippen LogP contribution in [0.4, 0.5) is 20.9 Å². The summed E-state index contributed by atoms with van der Waals surface area (Å²) in [5.74, 6) is -0.304. The molecular formula is C22H17FN4OS3. The maximum Gasteiger partial charge on any atom is 0.234 e. The van der Waals surface area contributed by atoms with E-state index in [2.05, 4.69) is 20.8 Å². The molecule has 0 atom stereocenters. The number of benzene rings is 3. The van der Waals surface area contributed by atoms with E-state index in [4.69, 9.17) is 0 Å². The molecule has 0 aliphatic rings. The zero-order valence-corrected chi connectivity index (χ0v) is 18.6. The monoisotopic (exact) mass is 468 g/mol. The lowest BCUT2D eigenvalue weighted by atomic mass is 10.3. The van der Waals surface area contributed by atoms with E-state index in [1.807, 2.05) is 54.6 Å². The van der Waals surface area contributed by atoms with Gasteiger partial charge in [0.2, 0.25) is 11.0 Å². The van der Waals surface area contributed by atoms with Gasteiger partial charge in [0.05, 0.1) is 17.1 Å².